The molecule has 58 heavy (non-hydrogen) atoms. The lowest BCUT2D eigenvalue weighted by molar-refractivity contribution is 0.728. The van der Waals surface area contributed by atoms with Crippen LogP contribution in [0.25, 0.3) is 50.5 Å². The summed E-state index contributed by atoms with van der Waals surface area (Å²) in [6, 6.07) is 71.7. The smallest absolute Gasteiger partial charge is 0.238 e. The maximum Gasteiger partial charge on any atom is 0.238 e. The van der Waals surface area contributed by atoms with Crippen LogP contribution in [0.3, 0.4) is 0 Å². The number of benzene rings is 8. The standard InChI is InChI=1S/C53H35N5/c1-5-19-35(20-6-1)50-54-51(36-21-7-2-8-22-36)56-52(55-50)58-46-31-17-14-28-40(46)41-34-44-49-42(48(41)58)33-37-23-13-16-30-45(37)57(49)47-32-18-15-29-43(47)53(44,38-24-9-3-10-25-38)39-26-11-4-12-27-39/h1-32,34H,33H2. The van der Waals surface area contributed by atoms with Crippen molar-refractivity contribution in [3.63, 3.8) is 0 Å². The van der Waals surface area contributed by atoms with Gasteiger partial charge in [0.05, 0.1) is 27.8 Å². The molecule has 0 radical (unpaired) electrons. The molecule has 0 amide bonds. The van der Waals surface area contributed by atoms with Crippen molar-refractivity contribution in [2.24, 2.45) is 0 Å². The van der Waals surface area contributed by atoms with E-state index < -0.39 is 5.41 Å². The van der Waals surface area contributed by atoms with E-state index in [1.165, 1.54) is 55.8 Å². The van der Waals surface area contributed by atoms with Gasteiger partial charge in [0, 0.05) is 39.6 Å². The molecule has 272 valence electrons. The molecule has 0 aliphatic carbocycles. The second kappa shape index (κ2) is 12.7. The SMILES string of the molecule is c1ccc(-c2nc(-c3ccccc3)nc(-n3c4ccccc4c4cc5c6c(c43)Cc3ccccc3N6c3ccccc3C5(c3ccccc3)c3ccccc3)n2)cc1. The molecular weight excluding hydrogens is 707 g/mol. The van der Waals surface area contributed by atoms with E-state index in [0.29, 0.717) is 17.6 Å². The third kappa shape index (κ3) is 4.61. The summed E-state index contributed by atoms with van der Waals surface area (Å²) < 4.78 is 2.31. The minimum Gasteiger partial charge on any atom is -0.309 e. The van der Waals surface area contributed by atoms with E-state index in [4.69, 9.17) is 15.0 Å². The topological polar surface area (TPSA) is 46.8 Å². The number of aromatic nitrogens is 4. The molecule has 0 unspecified atom stereocenters. The fourth-order valence-corrected chi connectivity index (χ4v) is 9.75. The van der Waals surface area contributed by atoms with Gasteiger partial charge in [-0.05, 0) is 52.1 Å². The van der Waals surface area contributed by atoms with Gasteiger partial charge in [0.1, 0.15) is 0 Å². The van der Waals surface area contributed by atoms with E-state index in [1.807, 2.05) is 36.4 Å². The molecule has 10 aromatic rings. The predicted molar refractivity (Wildman–Crippen MR) is 234 cm³/mol. The van der Waals surface area contributed by atoms with Crippen LogP contribution in [0, 0.1) is 0 Å². The Morgan fingerprint density at radius 1 is 0.448 bits per heavy atom. The Balaban J connectivity index is 1.27. The van der Waals surface area contributed by atoms with Crippen LogP contribution in [0.5, 0.6) is 0 Å². The maximum atomic E-state index is 5.33. The summed E-state index contributed by atoms with van der Waals surface area (Å²) >= 11 is 0. The predicted octanol–water partition coefficient (Wildman–Crippen LogP) is 12.4. The normalized spacial score (nSPS) is 13.6. The Hall–Kier alpha value is -7.63. The number of nitrogens with zero attached hydrogens (tertiary/aromatic N) is 5. The van der Waals surface area contributed by atoms with Crippen molar-refractivity contribution in [2.75, 3.05) is 4.90 Å². The van der Waals surface area contributed by atoms with E-state index in [0.717, 1.165) is 34.0 Å². The van der Waals surface area contributed by atoms with E-state index in [9.17, 15) is 0 Å². The Morgan fingerprint density at radius 3 is 1.64 bits per heavy atom. The number of hydrogen-bond acceptors (Lipinski definition) is 4. The van der Waals surface area contributed by atoms with Gasteiger partial charge in [-0.25, -0.2) is 4.98 Å². The Bertz CT molecular complexity index is 3100. The fourth-order valence-electron chi connectivity index (χ4n) is 9.75. The molecule has 2 aliphatic rings. The van der Waals surface area contributed by atoms with Gasteiger partial charge in [-0.3, -0.25) is 4.57 Å². The molecule has 0 fully saturated rings. The molecule has 4 heterocycles. The highest BCUT2D eigenvalue weighted by atomic mass is 15.2. The lowest BCUT2D eigenvalue weighted by Gasteiger charge is -2.49. The van der Waals surface area contributed by atoms with Gasteiger partial charge in [-0.1, -0.05) is 176 Å². The van der Waals surface area contributed by atoms with Crippen LogP contribution in [0.15, 0.2) is 200 Å². The molecule has 2 aromatic heterocycles. The van der Waals surface area contributed by atoms with Crippen molar-refractivity contribution < 1.29 is 0 Å². The Morgan fingerprint density at radius 2 is 0.983 bits per heavy atom. The molecule has 2 aliphatic heterocycles. The molecular formula is C53H35N5. The summed E-state index contributed by atoms with van der Waals surface area (Å²) in [4.78, 5) is 18.3. The summed E-state index contributed by atoms with van der Waals surface area (Å²) in [6.45, 7) is 0. The first-order valence-electron chi connectivity index (χ1n) is 19.8. The van der Waals surface area contributed by atoms with E-state index in [1.54, 1.807) is 0 Å². The second-order valence-electron chi connectivity index (χ2n) is 15.2. The largest absolute Gasteiger partial charge is 0.309 e. The van der Waals surface area contributed by atoms with E-state index in [2.05, 4.69) is 173 Å². The first-order chi connectivity index (χ1) is 28.8. The third-order valence-corrected chi connectivity index (χ3v) is 12.1. The van der Waals surface area contributed by atoms with E-state index >= 15 is 0 Å². The molecule has 0 atom stereocenters. The van der Waals surface area contributed by atoms with Crippen LogP contribution >= 0.6 is 0 Å². The molecule has 0 spiro atoms. The number of anilines is 3. The summed E-state index contributed by atoms with van der Waals surface area (Å²) in [5.41, 5.74) is 14.5. The average Bonchev–Trinajstić information content (AvgIpc) is 3.64. The van der Waals surface area contributed by atoms with Crippen molar-refractivity contribution >= 4 is 38.9 Å². The molecule has 12 rings (SSSR count). The first-order valence-corrected chi connectivity index (χ1v) is 19.8. The van der Waals surface area contributed by atoms with Crippen molar-refractivity contribution in [3.8, 4) is 28.7 Å². The summed E-state index contributed by atoms with van der Waals surface area (Å²) in [7, 11) is 0. The number of rotatable bonds is 5. The maximum absolute atomic E-state index is 5.33. The zero-order valence-electron chi connectivity index (χ0n) is 31.5. The Labute approximate surface area is 336 Å². The van der Waals surface area contributed by atoms with Gasteiger partial charge in [-0.2, -0.15) is 9.97 Å². The minimum absolute atomic E-state index is 0.592. The van der Waals surface area contributed by atoms with Gasteiger partial charge in [-0.15, -0.1) is 0 Å². The zero-order valence-corrected chi connectivity index (χ0v) is 31.5. The highest BCUT2D eigenvalue weighted by Crippen LogP contribution is 2.62. The summed E-state index contributed by atoms with van der Waals surface area (Å²) in [5, 5.41) is 2.32. The van der Waals surface area contributed by atoms with Crippen LogP contribution in [0.1, 0.15) is 33.4 Å². The van der Waals surface area contributed by atoms with Crippen LogP contribution < -0.4 is 4.90 Å². The first kappa shape index (κ1) is 32.6. The molecule has 5 nitrogen and oxygen atoms in total. The van der Waals surface area contributed by atoms with Crippen LogP contribution in [0.4, 0.5) is 17.1 Å². The van der Waals surface area contributed by atoms with Crippen molar-refractivity contribution in [3.05, 3.63) is 234 Å². The molecule has 0 N–H and O–H groups in total. The molecule has 0 saturated carbocycles. The summed E-state index contributed by atoms with van der Waals surface area (Å²) in [6.07, 6.45) is 0.743. The monoisotopic (exact) mass is 741 g/mol. The van der Waals surface area contributed by atoms with Crippen molar-refractivity contribution in [2.45, 2.75) is 11.8 Å². The number of hydrogen-bond donors (Lipinski definition) is 0. The average molecular weight is 742 g/mol. The quantitative estimate of drug-likeness (QED) is 0.176. The zero-order chi connectivity index (χ0) is 38.2. The minimum atomic E-state index is -0.614. The van der Waals surface area contributed by atoms with Crippen LogP contribution in [0.2, 0.25) is 0 Å². The molecule has 0 saturated heterocycles. The van der Waals surface area contributed by atoms with Gasteiger partial charge >= 0.3 is 0 Å². The van der Waals surface area contributed by atoms with Gasteiger partial charge in [0.2, 0.25) is 5.95 Å². The molecule has 8 aromatic carbocycles. The van der Waals surface area contributed by atoms with Gasteiger partial charge in [0.25, 0.3) is 0 Å². The van der Waals surface area contributed by atoms with Gasteiger partial charge < -0.3 is 4.90 Å². The van der Waals surface area contributed by atoms with Gasteiger partial charge in [0.15, 0.2) is 11.6 Å². The summed E-state index contributed by atoms with van der Waals surface area (Å²) in [5.74, 6) is 1.86. The Kier molecular flexibility index (Phi) is 7.14. The fraction of sp³-hybridized carbons (Fsp3) is 0.0377. The number of fused-ring (bicyclic) bond motifs is 8. The number of para-hydroxylation sites is 3. The third-order valence-electron chi connectivity index (χ3n) is 12.1. The lowest BCUT2D eigenvalue weighted by atomic mass is 9.61. The van der Waals surface area contributed by atoms with Crippen LogP contribution in [-0.2, 0) is 11.8 Å². The lowest BCUT2D eigenvalue weighted by Crippen LogP contribution is -2.39. The highest BCUT2D eigenvalue weighted by molar-refractivity contribution is 6.14. The van der Waals surface area contributed by atoms with Crippen molar-refractivity contribution in [1.82, 2.24) is 19.5 Å². The van der Waals surface area contributed by atoms with Crippen LogP contribution in [-0.4, -0.2) is 19.5 Å². The van der Waals surface area contributed by atoms with Crippen molar-refractivity contribution in [1.29, 1.82) is 0 Å². The highest BCUT2D eigenvalue weighted by Gasteiger charge is 2.49. The molecule has 5 heteroatoms. The van der Waals surface area contributed by atoms with E-state index in [-0.39, 0.29) is 0 Å². The molecule has 0 bridgehead atoms. The second-order valence-corrected chi connectivity index (χ2v) is 15.2.